The summed E-state index contributed by atoms with van der Waals surface area (Å²) in [7, 11) is 0. The van der Waals surface area contributed by atoms with Gasteiger partial charge in [0.1, 0.15) is 0 Å². The van der Waals surface area contributed by atoms with E-state index in [4.69, 9.17) is 4.74 Å². The normalized spacial score (nSPS) is 17.0. The van der Waals surface area contributed by atoms with Crippen molar-refractivity contribution in [2.75, 3.05) is 26.3 Å². The van der Waals surface area contributed by atoms with Crippen molar-refractivity contribution in [3.8, 4) is 0 Å². The van der Waals surface area contributed by atoms with Crippen LogP contribution in [-0.2, 0) is 22.9 Å². The molecule has 1 saturated heterocycles. The smallest absolute Gasteiger partial charge is 0.380 e. The molecule has 1 aromatic carbocycles. The van der Waals surface area contributed by atoms with Gasteiger partial charge in [0.15, 0.2) is 0 Å². The van der Waals surface area contributed by atoms with Gasteiger partial charge < -0.3 is 4.74 Å². The Labute approximate surface area is 144 Å². The molecular formula is C19H30F3NO. The van der Waals surface area contributed by atoms with Gasteiger partial charge in [0.05, 0.1) is 12.2 Å². The summed E-state index contributed by atoms with van der Waals surface area (Å²) >= 11 is 0. The van der Waals surface area contributed by atoms with E-state index < -0.39 is 11.7 Å². The van der Waals surface area contributed by atoms with Crippen LogP contribution in [0, 0.1) is 0 Å². The molecule has 0 aliphatic carbocycles. The number of rotatable bonds is 2. The van der Waals surface area contributed by atoms with Gasteiger partial charge in [-0.05, 0) is 29.0 Å². The molecule has 24 heavy (non-hydrogen) atoms. The van der Waals surface area contributed by atoms with Crippen molar-refractivity contribution in [1.82, 2.24) is 4.90 Å². The maximum absolute atomic E-state index is 13.4. The molecule has 0 aromatic heterocycles. The molecule has 1 aliphatic heterocycles. The highest BCUT2D eigenvalue weighted by Gasteiger charge is 2.34. The first-order valence-electron chi connectivity index (χ1n) is 8.68. The van der Waals surface area contributed by atoms with Crippen molar-refractivity contribution in [2.24, 2.45) is 0 Å². The fourth-order valence-electron chi connectivity index (χ4n) is 2.64. The Kier molecular flexibility index (Phi) is 7.74. The molecule has 0 unspecified atom stereocenters. The van der Waals surface area contributed by atoms with Crippen LogP contribution in [0.15, 0.2) is 18.2 Å². The van der Waals surface area contributed by atoms with Crippen LogP contribution in [0.4, 0.5) is 13.2 Å². The lowest BCUT2D eigenvalue weighted by Crippen LogP contribution is -2.27. The summed E-state index contributed by atoms with van der Waals surface area (Å²) in [5.41, 5.74) is 0.255. The molecule has 1 aliphatic rings. The van der Waals surface area contributed by atoms with E-state index in [-0.39, 0.29) is 5.41 Å². The van der Waals surface area contributed by atoms with E-state index in [0.29, 0.717) is 37.4 Å². The lowest BCUT2D eigenvalue weighted by atomic mass is 9.85. The topological polar surface area (TPSA) is 12.5 Å². The third-order valence-electron chi connectivity index (χ3n) is 3.99. The van der Waals surface area contributed by atoms with Gasteiger partial charge in [-0.2, -0.15) is 13.2 Å². The second-order valence-corrected chi connectivity index (χ2v) is 6.86. The molecule has 1 heterocycles. The molecule has 0 saturated carbocycles. The molecule has 0 radical (unpaired) electrons. The molecule has 2 rings (SSSR count). The number of benzene rings is 1. The molecule has 1 aromatic rings. The van der Waals surface area contributed by atoms with Crippen LogP contribution < -0.4 is 0 Å². The van der Waals surface area contributed by atoms with E-state index in [0.717, 1.165) is 13.0 Å². The number of hydrogen-bond acceptors (Lipinski definition) is 2. The van der Waals surface area contributed by atoms with Gasteiger partial charge in [0.2, 0.25) is 0 Å². The number of hydrogen-bond donors (Lipinski definition) is 0. The zero-order valence-corrected chi connectivity index (χ0v) is 15.5. The van der Waals surface area contributed by atoms with Crippen LogP contribution >= 0.6 is 0 Å². The third-order valence-corrected chi connectivity index (χ3v) is 3.99. The number of halogens is 3. The molecule has 0 bridgehead atoms. The van der Waals surface area contributed by atoms with Crippen molar-refractivity contribution >= 4 is 0 Å². The Morgan fingerprint density at radius 1 is 1.04 bits per heavy atom. The first-order chi connectivity index (χ1) is 11.2. The highest BCUT2D eigenvalue weighted by Crippen LogP contribution is 2.35. The lowest BCUT2D eigenvalue weighted by molar-refractivity contribution is -0.138. The summed E-state index contributed by atoms with van der Waals surface area (Å²) in [5, 5.41) is 0. The Bertz CT molecular complexity index is 498. The van der Waals surface area contributed by atoms with Crippen molar-refractivity contribution in [3.05, 3.63) is 34.9 Å². The van der Waals surface area contributed by atoms with Gasteiger partial charge in [-0.25, -0.2) is 0 Å². The highest BCUT2D eigenvalue weighted by molar-refractivity contribution is 5.37. The Morgan fingerprint density at radius 3 is 2.29 bits per heavy atom. The quantitative estimate of drug-likeness (QED) is 0.726. The highest BCUT2D eigenvalue weighted by atomic mass is 19.4. The first-order valence-corrected chi connectivity index (χ1v) is 8.68. The Balaban J connectivity index is 0.00000139. The lowest BCUT2D eigenvalue weighted by Gasteiger charge is -2.25. The van der Waals surface area contributed by atoms with Crippen molar-refractivity contribution in [2.45, 2.75) is 59.2 Å². The van der Waals surface area contributed by atoms with E-state index in [1.807, 2.05) is 45.6 Å². The molecule has 0 amide bonds. The van der Waals surface area contributed by atoms with Crippen LogP contribution in [0.3, 0.4) is 0 Å². The maximum atomic E-state index is 13.4. The van der Waals surface area contributed by atoms with Gasteiger partial charge in [-0.3, -0.25) is 4.90 Å². The minimum absolute atomic E-state index is 0.297. The predicted octanol–water partition coefficient (Wildman–Crippen LogP) is 5.25. The molecule has 2 nitrogen and oxygen atoms in total. The van der Waals surface area contributed by atoms with E-state index in [1.165, 1.54) is 6.07 Å². The molecule has 0 N–H and O–H groups in total. The largest absolute Gasteiger partial charge is 0.416 e. The second-order valence-electron chi connectivity index (χ2n) is 6.86. The Morgan fingerprint density at radius 2 is 1.71 bits per heavy atom. The third kappa shape index (κ3) is 6.10. The van der Waals surface area contributed by atoms with Gasteiger partial charge in [-0.15, -0.1) is 0 Å². The molecule has 5 heteroatoms. The standard InChI is InChI=1S/C17H24F3NO.C2H6/c1-16(2,3)14-6-5-13(15(11-14)17(18,19)20)12-21-7-4-9-22-10-8-21;1-2/h5-6,11H,4,7-10,12H2,1-3H3;1-2H3. The van der Waals surface area contributed by atoms with Gasteiger partial charge >= 0.3 is 6.18 Å². The van der Waals surface area contributed by atoms with Crippen LogP contribution in [0.2, 0.25) is 0 Å². The van der Waals surface area contributed by atoms with Crippen molar-refractivity contribution in [1.29, 1.82) is 0 Å². The predicted molar refractivity (Wildman–Crippen MR) is 92.2 cm³/mol. The van der Waals surface area contributed by atoms with Crippen molar-refractivity contribution < 1.29 is 17.9 Å². The van der Waals surface area contributed by atoms with Crippen LogP contribution in [0.1, 0.15) is 57.7 Å². The monoisotopic (exact) mass is 345 g/mol. The minimum atomic E-state index is -4.32. The minimum Gasteiger partial charge on any atom is -0.380 e. The SMILES string of the molecule is CC.CC(C)(C)c1ccc(CN2CCCOCC2)c(C(F)(F)F)c1. The fraction of sp³-hybridized carbons (Fsp3) is 0.684. The summed E-state index contributed by atoms with van der Waals surface area (Å²) in [6.45, 7) is 12.8. The Hall–Kier alpha value is -1.07. The first kappa shape index (κ1) is 21.0. The molecule has 0 atom stereocenters. The van der Waals surface area contributed by atoms with Crippen LogP contribution in [0.5, 0.6) is 0 Å². The summed E-state index contributed by atoms with van der Waals surface area (Å²) in [4.78, 5) is 2.04. The average molecular weight is 345 g/mol. The van der Waals surface area contributed by atoms with E-state index >= 15 is 0 Å². The van der Waals surface area contributed by atoms with Crippen LogP contribution in [0.25, 0.3) is 0 Å². The number of nitrogens with zero attached hydrogens (tertiary/aromatic N) is 1. The summed E-state index contributed by atoms with van der Waals surface area (Å²) in [6, 6.07) is 4.76. The zero-order chi connectivity index (χ0) is 18.4. The van der Waals surface area contributed by atoms with E-state index in [9.17, 15) is 13.2 Å². The zero-order valence-electron chi connectivity index (χ0n) is 15.5. The second kappa shape index (κ2) is 8.86. The molecule has 138 valence electrons. The molecule has 0 spiro atoms. The maximum Gasteiger partial charge on any atom is 0.416 e. The summed E-state index contributed by atoms with van der Waals surface area (Å²) in [6.07, 6.45) is -3.46. The molecular weight excluding hydrogens is 315 g/mol. The fourth-order valence-corrected chi connectivity index (χ4v) is 2.64. The number of ether oxygens (including phenoxy) is 1. The van der Waals surface area contributed by atoms with Gasteiger partial charge in [0, 0.05) is 26.2 Å². The molecule has 1 fully saturated rings. The summed E-state index contributed by atoms with van der Waals surface area (Å²) < 4.78 is 45.6. The van der Waals surface area contributed by atoms with Crippen molar-refractivity contribution in [3.63, 3.8) is 0 Å². The van der Waals surface area contributed by atoms with Gasteiger partial charge in [-0.1, -0.05) is 46.8 Å². The van der Waals surface area contributed by atoms with E-state index in [1.54, 1.807) is 6.07 Å². The van der Waals surface area contributed by atoms with Gasteiger partial charge in [0.25, 0.3) is 0 Å². The number of alkyl halides is 3. The van der Waals surface area contributed by atoms with E-state index in [2.05, 4.69) is 0 Å². The average Bonchev–Trinajstić information content (AvgIpc) is 2.76. The summed E-state index contributed by atoms with van der Waals surface area (Å²) in [5.74, 6) is 0. The van der Waals surface area contributed by atoms with Crippen LogP contribution in [-0.4, -0.2) is 31.2 Å².